The van der Waals surface area contributed by atoms with Crippen LogP contribution in [0, 0.1) is 0 Å². The summed E-state index contributed by atoms with van der Waals surface area (Å²) in [4.78, 5) is 0. The minimum Gasteiger partial charge on any atom is -0.747 e. The number of rotatable bonds is 5. The van der Waals surface area contributed by atoms with Crippen LogP contribution in [0.4, 0.5) is 0 Å². The first kappa shape index (κ1) is 22.3. The van der Waals surface area contributed by atoms with Crippen LogP contribution in [0.5, 0.6) is 0 Å². The van der Waals surface area contributed by atoms with Gasteiger partial charge in [-0.25, -0.2) is 16.8 Å². The quantitative estimate of drug-likeness (QED) is 0.283. The van der Waals surface area contributed by atoms with Gasteiger partial charge in [0.25, 0.3) is 0 Å². The van der Waals surface area contributed by atoms with Gasteiger partial charge in [-0.2, -0.15) is 0 Å². The van der Waals surface area contributed by atoms with Gasteiger partial charge in [-0.15, -0.1) is 11.6 Å². The zero-order valence-corrected chi connectivity index (χ0v) is 14.7. The van der Waals surface area contributed by atoms with Gasteiger partial charge in [0.1, 0.15) is 24.8 Å². The molecule has 15 heavy (non-hydrogen) atoms. The van der Waals surface area contributed by atoms with Crippen molar-refractivity contribution in [1.82, 2.24) is 0 Å². The maximum atomic E-state index is 10.3. The third kappa shape index (κ3) is 9.78. The minimum atomic E-state index is -5.10. The van der Waals surface area contributed by atoms with E-state index >= 15 is 0 Å². The summed E-state index contributed by atoms with van der Waals surface area (Å²) in [6.45, 7) is 0. The summed E-state index contributed by atoms with van der Waals surface area (Å²) in [7, 11) is -10.2. The van der Waals surface area contributed by atoms with E-state index in [-0.39, 0.29) is 71.4 Å². The molecule has 0 saturated heterocycles. The molecule has 0 bridgehead atoms. The fraction of sp³-hybridized carbons (Fsp3) is 1.00. The fourth-order valence-electron chi connectivity index (χ4n) is 0.677. The van der Waals surface area contributed by atoms with Crippen molar-refractivity contribution in [2.24, 2.45) is 0 Å². The molecule has 0 rings (SSSR count). The summed E-state index contributed by atoms with van der Waals surface area (Å²) in [5.74, 6) is -0.0124. The molecule has 6 nitrogen and oxygen atoms in total. The minimum absolute atomic E-state index is 0. The SMILES string of the molecule is O=S(=O)([O-])C(CCCCl)S(=O)(=O)[O-].[Na+].[Na+]. The molecule has 0 N–H and O–H groups in total. The number of hydrogen-bond donors (Lipinski definition) is 0. The summed E-state index contributed by atoms with van der Waals surface area (Å²) in [6.07, 6.45) is -0.573. The van der Waals surface area contributed by atoms with Crippen LogP contribution >= 0.6 is 11.6 Å². The molecular weight excluding hydrogens is 290 g/mol. The summed E-state index contributed by atoms with van der Waals surface area (Å²) >= 11 is 5.15. The number of alkyl halides is 1. The van der Waals surface area contributed by atoms with Gasteiger partial charge < -0.3 is 9.11 Å². The van der Waals surface area contributed by atoms with E-state index in [0.29, 0.717) is 0 Å². The van der Waals surface area contributed by atoms with E-state index in [4.69, 9.17) is 11.6 Å². The van der Waals surface area contributed by atoms with Crippen LogP contribution in [0.3, 0.4) is 0 Å². The molecule has 11 heteroatoms. The first-order valence-corrected chi connectivity index (χ1v) is 6.62. The average molecular weight is 297 g/mol. The molecule has 0 aliphatic heterocycles. The van der Waals surface area contributed by atoms with E-state index in [2.05, 4.69) is 0 Å². The van der Waals surface area contributed by atoms with E-state index in [1.807, 2.05) is 0 Å². The van der Waals surface area contributed by atoms with Gasteiger partial charge >= 0.3 is 59.1 Å². The topological polar surface area (TPSA) is 114 Å². The van der Waals surface area contributed by atoms with E-state index in [1.165, 1.54) is 0 Å². The normalized spacial score (nSPS) is 11.7. The second-order valence-electron chi connectivity index (χ2n) is 2.25. The summed E-state index contributed by atoms with van der Waals surface area (Å²) in [6, 6.07) is 0. The molecule has 0 aromatic rings. The number of hydrogen-bond acceptors (Lipinski definition) is 6. The second kappa shape index (κ2) is 9.09. The van der Waals surface area contributed by atoms with Crippen LogP contribution in [0.25, 0.3) is 0 Å². The Hall–Kier alpha value is 2.11. The van der Waals surface area contributed by atoms with Crippen LogP contribution in [-0.4, -0.2) is 36.4 Å². The Morgan fingerprint density at radius 3 is 1.53 bits per heavy atom. The third-order valence-corrected chi connectivity index (χ3v) is 4.66. The molecule has 0 unspecified atom stereocenters. The second-order valence-corrected chi connectivity index (χ2v) is 6.03. The van der Waals surface area contributed by atoms with E-state index in [1.54, 1.807) is 0 Å². The van der Waals surface area contributed by atoms with Crippen LogP contribution in [-0.2, 0) is 20.2 Å². The van der Waals surface area contributed by atoms with Gasteiger partial charge in [0.2, 0.25) is 0 Å². The smallest absolute Gasteiger partial charge is 0.747 e. The maximum absolute atomic E-state index is 10.3. The molecule has 0 saturated carbocycles. The van der Waals surface area contributed by atoms with Crippen molar-refractivity contribution in [3.05, 3.63) is 0 Å². The van der Waals surface area contributed by atoms with Gasteiger partial charge in [0, 0.05) is 5.88 Å². The Morgan fingerprint density at radius 2 is 1.33 bits per heavy atom. The first-order valence-electron chi connectivity index (χ1n) is 3.15. The van der Waals surface area contributed by atoms with Gasteiger partial charge in [0.05, 0.1) is 0 Å². The van der Waals surface area contributed by atoms with Crippen molar-refractivity contribution >= 4 is 31.8 Å². The average Bonchev–Trinajstić information content (AvgIpc) is 1.81. The fourth-order valence-corrected chi connectivity index (χ4v) is 2.90. The van der Waals surface area contributed by atoms with Gasteiger partial charge in [-0.1, -0.05) is 0 Å². The summed E-state index contributed by atoms with van der Waals surface area (Å²) < 4.78 is 59.4. The molecule has 0 aliphatic rings. The molecule has 0 aromatic heterocycles. The van der Waals surface area contributed by atoms with Crippen LogP contribution in [0.1, 0.15) is 12.8 Å². The van der Waals surface area contributed by atoms with E-state index < -0.39 is 31.2 Å². The maximum Gasteiger partial charge on any atom is 1.00 e. The monoisotopic (exact) mass is 296 g/mol. The Labute approximate surface area is 138 Å². The van der Waals surface area contributed by atoms with Crippen LogP contribution in [0.15, 0.2) is 0 Å². The predicted molar refractivity (Wildman–Crippen MR) is 43.1 cm³/mol. The molecule has 0 aliphatic carbocycles. The molecular formula is C4H7ClNa2O6S2. The first-order chi connectivity index (χ1) is 5.69. The molecule has 0 aromatic carbocycles. The molecule has 0 atom stereocenters. The molecule has 0 fully saturated rings. The van der Waals surface area contributed by atoms with Gasteiger partial charge in [0.15, 0.2) is 0 Å². The summed E-state index contributed by atoms with van der Waals surface area (Å²) in [5, 5.41) is 0. The van der Waals surface area contributed by atoms with Crippen molar-refractivity contribution in [2.45, 2.75) is 17.4 Å². The largest absolute Gasteiger partial charge is 1.00 e. The molecule has 80 valence electrons. The summed E-state index contributed by atoms with van der Waals surface area (Å²) in [5.41, 5.74) is 0. The zero-order chi connectivity index (χ0) is 10.7. The standard InChI is InChI=1S/C4H9ClO6S2.2Na/c5-3-1-2-4(12(6,7)8)13(9,10)11;;/h4H,1-3H2,(H,6,7,8)(H,9,10,11);;/q;2*+1/p-2. The van der Waals surface area contributed by atoms with Gasteiger partial charge in [-0.05, 0) is 12.8 Å². The van der Waals surface area contributed by atoms with Crippen molar-refractivity contribution in [2.75, 3.05) is 5.88 Å². The molecule has 0 amide bonds. The van der Waals surface area contributed by atoms with Crippen molar-refractivity contribution in [3.63, 3.8) is 0 Å². The van der Waals surface area contributed by atoms with Crippen LogP contribution in [0.2, 0.25) is 0 Å². The van der Waals surface area contributed by atoms with Crippen LogP contribution < -0.4 is 59.1 Å². The van der Waals surface area contributed by atoms with E-state index in [9.17, 15) is 25.9 Å². The third-order valence-electron chi connectivity index (χ3n) is 1.22. The van der Waals surface area contributed by atoms with Crippen molar-refractivity contribution < 1.29 is 85.1 Å². The Morgan fingerprint density at radius 1 is 1.00 bits per heavy atom. The molecule has 0 heterocycles. The molecule has 0 radical (unpaired) electrons. The molecule has 0 spiro atoms. The van der Waals surface area contributed by atoms with E-state index in [0.717, 1.165) is 0 Å². The Balaban J connectivity index is -0.000000720. The number of halogens is 1. The van der Waals surface area contributed by atoms with Crippen molar-refractivity contribution in [3.8, 4) is 0 Å². The predicted octanol–water partition coefficient (Wildman–Crippen LogP) is -6.57. The Kier molecular flexibility index (Phi) is 13.5. The van der Waals surface area contributed by atoms with Crippen molar-refractivity contribution in [1.29, 1.82) is 0 Å². The van der Waals surface area contributed by atoms with Gasteiger partial charge in [-0.3, -0.25) is 0 Å². The Bertz CT molecular complexity index is 319. The zero-order valence-electron chi connectivity index (χ0n) is 8.34.